The van der Waals surface area contributed by atoms with Crippen molar-refractivity contribution >= 4 is 10.6 Å². The van der Waals surface area contributed by atoms with Crippen LogP contribution in [0.3, 0.4) is 0 Å². The van der Waals surface area contributed by atoms with E-state index < -0.39 is 10.6 Å². The first-order chi connectivity index (χ1) is 6.85. The van der Waals surface area contributed by atoms with Crippen molar-refractivity contribution in [3.05, 3.63) is 29.8 Å². The van der Waals surface area contributed by atoms with Crippen LogP contribution in [0, 0.1) is 0 Å². The van der Waals surface area contributed by atoms with Gasteiger partial charge in [0.2, 0.25) is 0 Å². The van der Waals surface area contributed by atoms with Crippen LogP contribution in [0.15, 0.2) is 29.2 Å². The van der Waals surface area contributed by atoms with Gasteiger partial charge in [-0.1, -0.05) is 26.0 Å². The zero-order chi connectivity index (χ0) is 11.6. The Balaban J connectivity index is 2.98. The summed E-state index contributed by atoms with van der Waals surface area (Å²) in [5.41, 5.74) is 1.22. The molecule has 3 heteroatoms. The minimum Gasteiger partial charge on any atom is -0.295 e. The molecule has 15 heavy (non-hydrogen) atoms. The Bertz CT molecular complexity index is 315. The Hall–Kier alpha value is -0.510. The summed E-state index contributed by atoms with van der Waals surface area (Å²) >= 11 is 0. The first kappa shape index (κ1) is 12.6. The molecule has 2 N–H and O–H groups in total. The van der Waals surface area contributed by atoms with Crippen LogP contribution >= 0.6 is 10.6 Å². The number of hydrogen-bond acceptors (Lipinski definition) is 2. The first-order valence-corrected chi connectivity index (χ1v) is 6.83. The third kappa shape index (κ3) is 2.74. The molecular weight excluding hydrogens is 208 g/mol. The average Bonchev–Trinajstić information content (AvgIpc) is 2.17. The molecule has 1 aromatic carbocycles. The quantitative estimate of drug-likeness (QED) is 0.808. The van der Waals surface area contributed by atoms with Crippen LogP contribution in [0.1, 0.15) is 39.2 Å². The fraction of sp³-hybridized carbons (Fsp3) is 0.500. The Kier molecular flexibility index (Phi) is 3.82. The van der Waals surface area contributed by atoms with Gasteiger partial charge in [-0.15, -0.1) is 0 Å². The second kappa shape index (κ2) is 4.56. The fourth-order valence-corrected chi connectivity index (χ4v) is 2.41. The predicted octanol–water partition coefficient (Wildman–Crippen LogP) is 4.33. The maximum Gasteiger partial charge on any atom is 0.0586 e. The van der Waals surface area contributed by atoms with Gasteiger partial charge < -0.3 is 0 Å². The molecule has 2 nitrogen and oxygen atoms in total. The van der Waals surface area contributed by atoms with E-state index in [4.69, 9.17) is 0 Å². The molecule has 0 saturated carbocycles. The van der Waals surface area contributed by atoms with E-state index in [0.717, 1.165) is 0 Å². The molecule has 0 heterocycles. The van der Waals surface area contributed by atoms with Crippen LogP contribution in [0.25, 0.3) is 0 Å². The molecule has 0 aliphatic rings. The summed E-state index contributed by atoms with van der Waals surface area (Å²) in [5.74, 6) is 0.472. The maximum atomic E-state index is 9.93. The molecule has 1 aromatic rings. The summed E-state index contributed by atoms with van der Waals surface area (Å²) in [6, 6.07) is 7.59. The highest BCUT2D eigenvalue weighted by Crippen LogP contribution is 2.52. The largest absolute Gasteiger partial charge is 0.295 e. The Morgan fingerprint density at radius 2 is 1.40 bits per heavy atom. The van der Waals surface area contributed by atoms with E-state index >= 15 is 0 Å². The zero-order valence-corrected chi connectivity index (χ0v) is 10.6. The molecule has 1 rings (SSSR count). The molecule has 0 atom stereocenters. The SMILES string of the molecule is CC(C)c1ccc(S(O)(O)C(C)C)cc1. The van der Waals surface area contributed by atoms with Crippen LogP contribution < -0.4 is 0 Å². The summed E-state index contributed by atoms with van der Waals surface area (Å²) in [4.78, 5) is 0.641. The van der Waals surface area contributed by atoms with Crippen LogP contribution in [0.5, 0.6) is 0 Å². The molecule has 0 aliphatic carbocycles. The molecule has 0 aliphatic heterocycles. The van der Waals surface area contributed by atoms with Crippen molar-refractivity contribution in [2.45, 2.75) is 43.8 Å². The summed E-state index contributed by atoms with van der Waals surface area (Å²) in [6.07, 6.45) is 0. The first-order valence-electron chi connectivity index (χ1n) is 5.22. The van der Waals surface area contributed by atoms with Gasteiger partial charge in [-0.3, -0.25) is 9.11 Å². The van der Waals surface area contributed by atoms with Crippen molar-refractivity contribution in [3.63, 3.8) is 0 Å². The standard InChI is InChI=1S/C12H20O2S/c1-9(2)11-5-7-12(8-6-11)15(13,14)10(3)4/h5-10,13-14H,1-4H3. The van der Waals surface area contributed by atoms with Crippen LogP contribution in [-0.2, 0) is 0 Å². The summed E-state index contributed by atoms with van der Waals surface area (Å²) < 4.78 is 19.9. The van der Waals surface area contributed by atoms with Crippen molar-refractivity contribution in [2.24, 2.45) is 0 Å². The van der Waals surface area contributed by atoms with Gasteiger partial charge in [-0.25, -0.2) is 0 Å². The highest BCUT2D eigenvalue weighted by Gasteiger charge is 2.19. The van der Waals surface area contributed by atoms with Gasteiger partial charge in [-0.05, 0) is 37.5 Å². The van der Waals surface area contributed by atoms with Crippen LogP contribution in [0.4, 0.5) is 0 Å². The monoisotopic (exact) mass is 228 g/mol. The van der Waals surface area contributed by atoms with Gasteiger partial charge in [0.1, 0.15) is 0 Å². The second-order valence-electron chi connectivity index (χ2n) is 4.37. The van der Waals surface area contributed by atoms with Gasteiger partial charge in [-0.2, -0.15) is 10.6 Å². The van der Waals surface area contributed by atoms with Crippen molar-refractivity contribution < 1.29 is 9.11 Å². The number of hydrogen-bond donors (Lipinski definition) is 2. The molecule has 0 saturated heterocycles. The third-order valence-corrected chi connectivity index (χ3v) is 4.83. The van der Waals surface area contributed by atoms with Gasteiger partial charge in [0.05, 0.1) is 4.90 Å². The summed E-state index contributed by atoms with van der Waals surface area (Å²) in [5, 5.41) is -0.137. The molecule has 86 valence electrons. The van der Waals surface area contributed by atoms with Crippen LogP contribution in [0.2, 0.25) is 0 Å². The highest BCUT2D eigenvalue weighted by molar-refractivity contribution is 8.24. The predicted molar refractivity (Wildman–Crippen MR) is 66.8 cm³/mol. The lowest BCUT2D eigenvalue weighted by atomic mass is 10.0. The fourth-order valence-electron chi connectivity index (χ4n) is 1.33. The lowest BCUT2D eigenvalue weighted by Crippen LogP contribution is -2.10. The van der Waals surface area contributed by atoms with Gasteiger partial charge in [0.25, 0.3) is 0 Å². The molecule has 0 amide bonds. The van der Waals surface area contributed by atoms with E-state index in [-0.39, 0.29) is 5.25 Å². The van der Waals surface area contributed by atoms with E-state index in [1.165, 1.54) is 5.56 Å². The number of benzene rings is 1. The molecule has 0 bridgehead atoms. The normalized spacial score (nSPS) is 13.6. The van der Waals surface area contributed by atoms with E-state index in [1.54, 1.807) is 0 Å². The minimum absolute atomic E-state index is 0.137. The number of rotatable bonds is 3. The minimum atomic E-state index is -2.62. The summed E-state index contributed by atoms with van der Waals surface area (Å²) in [7, 11) is -2.62. The Labute approximate surface area is 93.7 Å². The van der Waals surface area contributed by atoms with Crippen molar-refractivity contribution in [1.82, 2.24) is 0 Å². The van der Waals surface area contributed by atoms with Gasteiger partial charge in [0.15, 0.2) is 0 Å². The highest BCUT2D eigenvalue weighted by atomic mass is 32.3. The Morgan fingerprint density at radius 1 is 0.933 bits per heavy atom. The molecule has 0 radical (unpaired) electrons. The molecule has 0 aromatic heterocycles. The van der Waals surface area contributed by atoms with E-state index in [9.17, 15) is 9.11 Å². The van der Waals surface area contributed by atoms with Gasteiger partial charge in [0, 0.05) is 5.25 Å². The summed E-state index contributed by atoms with van der Waals surface area (Å²) in [6.45, 7) is 7.89. The maximum absolute atomic E-state index is 9.93. The lowest BCUT2D eigenvalue weighted by molar-refractivity contribution is 0.476. The van der Waals surface area contributed by atoms with E-state index in [1.807, 2.05) is 38.1 Å². The van der Waals surface area contributed by atoms with Crippen molar-refractivity contribution in [3.8, 4) is 0 Å². The van der Waals surface area contributed by atoms with E-state index in [2.05, 4.69) is 13.8 Å². The van der Waals surface area contributed by atoms with Crippen LogP contribution in [-0.4, -0.2) is 14.4 Å². The third-order valence-electron chi connectivity index (χ3n) is 2.55. The lowest BCUT2D eigenvalue weighted by Gasteiger charge is -2.36. The molecule has 0 unspecified atom stereocenters. The topological polar surface area (TPSA) is 40.5 Å². The molecule has 0 spiro atoms. The smallest absolute Gasteiger partial charge is 0.0586 e. The van der Waals surface area contributed by atoms with Gasteiger partial charge >= 0.3 is 0 Å². The van der Waals surface area contributed by atoms with E-state index in [0.29, 0.717) is 10.8 Å². The van der Waals surface area contributed by atoms with Crippen molar-refractivity contribution in [2.75, 3.05) is 0 Å². The van der Waals surface area contributed by atoms with Crippen molar-refractivity contribution in [1.29, 1.82) is 0 Å². The molecule has 0 fully saturated rings. The zero-order valence-electron chi connectivity index (χ0n) is 9.77. The Morgan fingerprint density at radius 3 is 1.73 bits per heavy atom. The second-order valence-corrected chi connectivity index (χ2v) is 6.97. The molecular formula is C12H20O2S. The average molecular weight is 228 g/mol.